The van der Waals surface area contributed by atoms with E-state index < -0.39 is 0 Å². The Labute approximate surface area is 107 Å². The number of Topliss-reactive ketones (excluding diaryl/α,β-unsaturated/α-hetero) is 1. The van der Waals surface area contributed by atoms with E-state index in [4.69, 9.17) is 11.6 Å². The van der Waals surface area contributed by atoms with E-state index in [0.29, 0.717) is 18.0 Å². The first kappa shape index (κ1) is 14.2. The van der Waals surface area contributed by atoms with E-state index in [1.807, 2.05) is 27.8 Å². The van der Waals surface area contributed by atoms with Gasteiger partial charge in [-0.15, -0.1) is 0 Å². The fourth-order valence-corrected chi connectivity index (χ4v) is 1.91. The molecule has 0 aliphatic rings. The highest BCUT2D eigenvalue weighted by Crippen LogP contribution is 2.20. The van der Waals surface area contributed by atoms with Crippen LogP contribution in [0.4, 0.5) is 0 Å². The third-order valence-electron chi connectivity index (χ3n) is 2.85. The van der Waals surface area contributed by atoms with Gasteiger partial charge in [-0.3, -0.25) is 9.48 Å². The molecule has 0 saturated carbocycles. The molecular weight excluding hydrogens is 238 g/mol. The predicted octanol–water partition coefficient (Wildman–Crippen LogP) is 1.74. The van der Waals surface area contributed by atoms with Gasteiger partial charge in [0.25, 0.3) is 0 Å². The van der Waals surface area contributed by atoms with Gasteiger partial charge in [0.2, 0.25) is 0 Å². The minimum absolute atomic E-state index is 0.00113. The summed E-state index contributed by atoms with van der Waals surface area (Å²) in [6.07, 6.45) is 0.350. The summed E-state index contributed by atoms with van der Waals surface area (Å²) in [6.45, 7) is 7.39. The zero-order valence-electron chi connectivity index (χ0n) is 10.9. The van der Waals surface area contributed by atoms with Gasteiger partial charge in [-0.2, -0.15) is 5.10 Å². The van der Waals surface area contributed by atoms with Gasteiger partial charge >= 0.3 is 0 Å². The zero-order valence-corrected chi connectivity index (χ0v) is 11.6. The van der Waals surface area contributed by atoms with Crippen molar-refractivity contribution < 1.29 is 4.79 Å². The number of nitrogens with one attached hydrogen (secondary N) is 1. The maximum Gasteiger partial charge on any atom is 0.142 e. The first-order chi connectivity index (χ1) is 7.97. The highest BCUT2D eigenvalue weighted by Gasteiger charge is 2.18. The van der Waals surface area contributed by atoms with Gasteiger partial charge in [-0.1, -0.05) is 25.4 Å². The largest absolute Gasteiger partial charge is 0.316 e. The number of nitrogens with zero attached hydrogens (tertiary/aromatic N) is 2. The highest BCUT2D eigenvalue weighted by molar-refractivity contribution is 6.32. The van der Waals surface area contributed by atoms with E-state index in [1.165, 1.54) is 0 Å². The van der Waals surface area contributed by atoms with Crippen molar-refractivity contribution in [1.29, 1.82) is 0 Å². The molecule has 4 nitrogen and oxygen atoms in total. The molecule has 17 heavy (non-hydrogen) atoms. The first-order valence-electron chi connectivity index (χ1n) is 5.88. The molecule has 0 bridgehead atoms. The maximum atomic E-state index is 12.0. The summed E-state index contributed by atoms with van der Waals surface area (Å²) in [7, 11) is 1.82. The molecule has 0 aliphatic heterocycles. The summed E-state index contributed by atoms with van der Waals surface area (Å²) in [4.78, 5) is 12.0. The number of carbonyl (C=O) groups excluding carboxylic acids is 1. The van der Waals surface area contributed by atoms with Crippen LogP contribution in [-0.4, -0.2) is 28.7 Å². The van der Waals surface area contributed by atoms with Crippen LogP contribution in [0.25, 0.3) is 0 Å². The lowest BCUT2D eigenvalue weighted by molar-refractivity contribution is -0.121. The molecule has 0 spiro atoms. The first-order valence-corrected chi connectivity index (χ1v) is 6.26. The lowest BCUT2D eigenvalue weighted by Gasteiger charge is -2.11. The van der Waals surface area contributed by atoms with Crippen LogP contribution in [0.1, 0.15) is 25.2 Å². The monoisotopic (exact) mass is 257 g/mol. The SMILES string of the molecule is CCNCC(C)C(=O)Cc1c(Cl)c(C)nn1C. The number of carbonyl (C=O) groups is 1. The van der Waals surface area contributed by atoms with Gasteiger partial charge in [0, 0.05) is 19.5 Å². The van der Waals surface area contributed by atoms with Crippen LogP contribution in [0.3, 0.4) is 0 Å². The molecule has 1 aromatic heterocycles. The van der Waals surface area contributed by atoms with E-state index >= 15 is 0 Å². The number of halogens is 1. The van der Waals surface area contributed by atoms with Crippen LogP contribution in [0, 0.1) is 12.8 Å². The van der Waals surface area contributed by atoms with Gasteiger partial charge < -0.3 is 5.32 Å². The Morgan fingerprint density at radius 1 is 1.59 bits per heavy atom. The van der Waals surface area contributed by atoms with Crippen molar-refractivity contribution in [2.45, 2.75) is 27.2 Å². The molecule has 1 N–H and O–H groups in total. The Kier molecular flexibility index (Phi) is 5.15. The fraction of sp³-hybridized carbons (Fsp3) is 0.667. The van der Waals surface area contributed by atoms with E-state index in [9.17, 15) is 4.79 Å². The maximum absolute atomic E-state index is 12.0. The number of rotatable bonds is 6. The summed E-state index contributed by atoms with van der Waals surface area (Å²) >= 11 is 6.12. The molecule has 0 aliphatic carbocycles. The standard InChI is InChI=1S/C12H20ClN3O/c1-5-14-7-8(2)11(17)6-10-12(13)9(3)15-16(10)4/h8,14H,5-7H2,1-4H3. The molecule has 1 heterocycles. The summed E-state index contributed by atoms with van der Waals surface area (Å²) in [5.41, 5.74) is 1.58. The zero-order chi connectivity index (χ0) is 13.0. The molecule has 0 fully saturated rings. The third kappa shape index (κ3) is 3.54. The topological polar surface area (TPSA) is 46.9 Å². The Bertz CT molecular complexity index is 401. The molecule has 1 aromatic rings. The smallest absolute Gasteiger partial charge is 0.142 e. The predicted molar refractivity (Wildman–Crippen MR) is 69.4 cm³/mol. The molecular formula is C12H20ClN3O. The second kappa shape index (κ2) is 6.17. The Balaban J connectivity index is 2.67. The number of hydrogen-bond acceptors (Lipinski definition) is 3. The average Bonchev–Trinajstić information content (AvgIpc) is 2.52. The van der Waals surface area contributed by atoms with Gasteiger partial charge in [-0.05, 0) is 13.5 Å². The van der Waals surface area contributed by atoms with Gasteiger partial charge in [0.15, 0.2) is 0 Å². The summed E-state index contributed by atoms with van der Waals surface area (Å²) < 4.78 is 1.69. The number of hydrogen-bond donors (Lipinski definition) is 1. The van der Waals surface area contributed by atoms with Crippen LogP contribution in [0.5, 0.6) is 0 Å². The van der Waals surface area contributed by atoms with E-state index in [2.05, 4.69) is 10.4 Å². The van der Waals surface area contributed by atoms with Crippen LogP contribution in [-0.2, 0) is 18.3 Å². The third-order valence-corrected chi connectivity index (χ3v) is 3.35. The summed E-state index contributed by atoms with van der Waals surface area (Å²) in [6, 6.07) is 0. The molecule has 0 amide bonds. The van der Waals surface area contributed by atoms with Crippen LogP contribution in [0.15, 0.2) is 0 Å². The summed E-state index contributed by atoms with van der Waals surface area (Å²) in [5.74, 6) is 0.192. The van der Waals surface area contributed by atoms with Crippen molar-refractivity contribution in [3.8, 4) is 0 Å². The van der Waals surface area contributed by atoms with Crippen molar-refractivity contribution in [2.75, 3.05) is 13.1 Å². The normalized spacial score (nSPS) is 12.8. The van der Waals surface area contributed by atoms with Crippen molar-refractivity contribution in [3.63, 3.8) is 0 Å². The lowest BCUT2D eigenvalue weighted by Crippen LogP contribution is -2.27. The van der Waals surface area contributed by atoms with Crippen molar-refractivity contribution in [1.82, 2.24) is 15.1 Å². The van der Waals surface area contributed by atoms with Gasteiger partial charge in [-0.25, -0.2) is 0 Å². The number of aromatic nitrogens is 2. The van der Waals surface area contributed by atoms with Crippen molar-refractivity contribution >= 4 is 17.4 Å². The second-order valence-corrected chi connectivity index (χ2v) is 4.70. The van der Waals surface area contributed by atoms with Crippen molar-refractivity contribution in [2.24, 2.45) is 13.0 Å². The highest BCUT2D eigenvalue weighted by atomic mass is 35.5. The molecule has 0 saturated heterocycles. The second-order valence-electron chi connectivity index (χ2n) is 4.32. The fourth-order valence-electron chi connectivity index (χ4n) is 1.69. The van der Waals surface area contributed by atoms with E-state index in [-0.39, 0.29) is 11.7 Å². The molecule has 5 heteroatoms. The Morgan fingerprint density at radius 3 is 2.71 bits per heavy atom. The van der Waals surface area contributed by atoms with Crippen molar-refractivity contribution in [3.05, 3.63) is 16.4 Å². The molecule has 1 rings (SSSR count). The quantitative estimate of drug-likeness (QED) is 0.845. The lowest BCUT2D eigenvalue weighted by atomic mass is 10.0. The minimum Gasteiger partial charge on any atom is -0.316 e. The van der Waals surface area contributed by atoms with Gasteiger partial charge in [0.1, 0.15) is 5.78 Å². The number of ketones is 1. The average molecular weight is 258 g/mol. The Hall–Kier alpha value is -0.870. The summed E-state index contributed by atoms with van der Waals surface area (Å²) in [5, 5.41) is 7.98. The molecule has 1 unspecified atom stereocenters. The van der Waals surface area contributed by atoms with E-state index in [1.54, 1.807) is 4.68 Å². The number of aryl methyl sites for hydroxylation is 2. The molecule has 1 atom stereocenters. The van der Waals surface area contributed by atoms with Crippen LogP contribution < -0.4 is 5.32 Å². The van der Waals surface area contributed by atoms with Crippen LogP contribution >= 0.6 is 11.6 Å². The van der Waals surface area contributed by atoms with Gasteiger partial charge in [0.05, 0.1) is 22.8 Å². The van der Waals surface area contributed by atoms with Crippen LogP contribution in [0.2, 0.25) is 5.02 Å². The Morgan fingerprint density at radius 2 is 2.24 bits per heavy atom. The molecule has 96 valence electrons. The van der Waals surface area contributed by atoms with E-state index in [0.717, 1.165) is 17.9 Å². The molecule has 0 radical (unpaired) electrons. The minimum atomic E-state index is 0.00113. The molecule has 0 aromatic carbocycles.